The number of carboxylic acids is 1. The molecule has 0 amide bonds. The molecule has 0 saturated carbocycles. The summed E-state index contributed by atoms with van der Waals surface area (Å²) in [5, 5.41) is 8.87. The summed E-state index contributed by atoms with van der Waals surface area (Å²) >= 11 is 0. The second-order valence-corrected chi connectivity index (χ2v) is 5.96. The first-order valence-electron chi connectivity index (χ1n) is 8.58. The van der Waals surface area contributed by atoms with E-state index in [1.807, 2.05) is 66.7 Å². The minimum absolute atomic E-state index is 0.422. The van der Waals surface area contributed by atoms with Gasteiger partial charge in [-0.1, -0.05) is 60.7 Å². The molecule has 3 rings (SSSR count). The van der Waals surface area contributed by atoms with Gasteiger partial charge in [-0.05, 0) is 34.9 Å². The molecule has 0 aliphatic carbocycles. The second-order valence-electron chi connectivity index (χ2n) is 5.96. The van der Waals surface area contributed by atoms with Crippen molar-refractivity contribution in [1.82, 2.24) is 0 Å². The highest BCUT2D eigenvalue weighted by atomic mass is 16.5. The van der Waals surface area contributed by atoms with Crippen molar-refractivity contribution in [3.63, 3.8) is 0 Å². The Balaban J connectivity index is 1.76. The minimum atomic E-state index is -1.00. The lowest BCUT2D eigenvalue weighted by Crippen LogP contribution is -1.98. The van der Waals surface area contributed by atoms with E-state index in [1.165, 1.54) is 6.08 Å². The third-order valence-electron chi connectivity index (χ3n) is 3.82. The molecule has 3 aromatic rings. The average molecular weight is 360 g/mol. The molecule has 0 atom stereocenters. The van der Waals surface area contributed by atoms with Crippen molar-refractivity contribution in [3.05, 3.63) is 102 Å². The van der Waals surface area contributed by atoms with Crippen molar-refractivity contribution in [2.75, 3.05) is 0 Å². The van der Waals surface area contributed by atoms with Crippen LogP contribution < -0.4 is 9.47 Å². The molecule has 0 fully saturated rings. The topological polar surface area (TPSA) is 55.8 Å². The van der Waals surface area contributed by atoms with Crippen LogP contribution in [0.1, 0.15) is 16.7 Å². The van der Waals surface area contributed by atoms with Gasteiger partial charge in [0.25, 0.3) is 0 Å². The Kier molecular flexibility index (Phi) is 6.26. The molecule has 0 unspecified atom stereocenters. The zero-order valence-electron chi connectivity index (χ0n) is 14.7. The zero-order valence-corrected chi connectivity index (χ0v) is 14.7. The lowest BCUT2D eigenvalue weighted by Gasteiger charge is -2.11. The van der Waals surface area contributed by atoms with Crippen LogP contribution in [-0.4, -0.2) is 11.1 Å². The fourth-order valence-electron chi connectivity index (χ4n) is 2.51. The Morgan fingerprint density at radius 3 is 1.70 bits per heavy atom. The van der Waals surface area contributed by atoms with Crippen molar-refractivity contribution < 1.29 is 19.4 Å². The van der Waals surface area contributed by atoms with Crippen LogP contribution in [0.15, 0.2) is 84.9 Å². The molecule has 4 nitrogen and oxygen atoms in total. The van der Waals surface area contributed by atoms with Crippen molar-refractivity contribution >= 4 is 12.0 Å². The summed E-state index contributed by atoms with van der Waals surface area (Å²) in [6, 6.07) is 25.1. The zero-order chi connectivity index (χ0) is 18.9. The number of aliphatic carboxylic acids is 1. The molecular formula is C23H20O4. The van der Waals surface area contributed by atoms with E-state index < -0.39 is 5.97 Å². The Morgan fingerprint density at radius 2 is 1.26 bits per heavy atom. The van der Waals surface area contributed by atoms with Crippen LogP contribution in [0, 0.1) is 0 Å². The Labute approximate surface area is 158 Å². The SMILES string of the molecule is O=C(O)C=Cc1cc(OCc2ccccc2)cc(OCc2ccccc2)c1. The van der Waals surface area contributed by atoms with Crippen LogP contribution in [0.25, 0.3) is 6.08 Å². The molecule has 0 radical (unpaired) electrons. The molecule has 1 N–H and O–H groups in total. The van der Waals surface area contributed by atoms with Crippen LogP contribution in [0.2, 0.25) is 0 Å². The van der Waals surface area contributed by atoms with Gasteiger partial charge in [-0.15, -0.1) is 0 Å². The quantitative estimate of drug-likeness (QED) is 0.578. The number of ether oxygens (including phenoxy) is 2. The van der Waals surface area contributed by atoms with E-state index in [-0.39, 0.29) is 0 Å². The number of rotatable bonds is 8. The standard InChI is InChI=1S/C23H20O4/c24-23(25)12-11-20-13-21(26-16-18-7-3-1-4-8-18)15-22(14-20)27-17-19-9-5-2-6-10-19/h1-15H,16-17H2,(H,24,25). The Hall–Kier alpha value is -3.53. The van der Waals surface area contributed by atoms with E-state index in [9.17, 15) is 4.79 Å². The van der Waals surface area contributed by atoms with Crippen LogP contribution in [0.5, 0.6) is 11.5 Å². The summed E-state index contributed by atoms with van der Waals surface area (Å²) in [7, 11) is 0. The van der Waals surface area contributed by atoms with Gasteiger partial charge in [0.2, 0.25) is 0 Å². The van der Waals surface area contributed by atoms with Crippen molar-refractivity contribution in [1.29, 1.82) is 0 Å². The summed E-state index contributed by atoms with van der Waals surface area (Å²) in [5.41, 5.74) is 2.80. The highest BCUT2D eigenvalue weighted by Gasteiger charge is 2.04. The first-order chi connectivity index (χ1) is 13.2. The van der Waals surface area contributed by atoms with Crippen molar-refractivity contribution in [2.24, 2.45) is 0 Å². The number of benzene rings is 3. The van der Waals surface area contributed by atoms with Crippen LogP contribution >= 0.6 is 0 Å². The van der Waals surface area contributed by atoms with Crippen molar-refractivity contribution in [2.45, 2.75) is 13.2 Å². The van der Waals surface area contributed by atoms with Gasteiger partial charge in [0, 0.05) is 12.1 Å². The van der Waals surface area contributed by atoms with Crippen LogP contribution in [0.3, 0.4) is 0 Å². The monoisotopic (exact) mass is 360 g/mol. The molecule has 27 heavy (non-hydrogen) atoms. The maximum absolute atomic E-state index is 10.8. The summed E-state index contributed by atoms with van der Waals surface area (Å²) in [6.07, 6.45) is 2.62. The van der Waals surface area contributed by atoms with Gasteiger partial charge in [-0.2, -0.15) is 0 Å². The molecule has 0 aliphatic rings. The van der Waals surface area contributed by atoms with Crippen LogP contribution in [-0.2, 0) is 18.0 Å². The maximum Gasteiger partial charge on any atom is 0.328 e. The highest BCUT2D eigenvalue weighted by molar-refractivity contribution is 5.85. The lowest BCUT2D eigenvalue weighted by atomic mass is 10.1. The molecule has 0 aliphatic heterocycles. The molecule has 3 aromatic carbocycles. The van der Waals surface area contributed by atoms with Gasteiger partial charge in [-0.3, -0.25) is 0 Å². The first kappa shape index (κ1) is 18.3. The average Bonchev–Trinajstić information content (AvgIpc) is 2.71. The molecule has 0 aromatic heterocycles. The third-order valence-corrected chi connectivity index (χ3v) is 3.82. The summed E-state index contributed by atoms with van der Waals surface area (Å²) in [5.74, 6) is 0.237. The van der Waals surface area contributed by atoms with Gasteiger partial charge in [0.1, 0.15) is 24.7 Å². The summed E-state index contributed by atoms with van der Waals surface area (Å²) < 4.78 is 11.7. The molecule has 136 valence electrons. The summed E-state index contributed by atoms with van der Waals surface area (Å²) in [6.45, 7) is 0.843. The van der Waals surface area contributed by atoms with Gasteiger partial charge < -0.3 is 14.6 Å². The van der Waals surface area contributed by atoms with E-state index in [4.69, 9.17) is 14.6 Å². The molecular weight excluding hydrogens is 340 g/mol. The van der Waals surface area contributed by atoms with E-state index in [2.05, 4.69) is 0 Å². The van der Waals surface area contributed by atoms with Gasteiger partial charge >= 0.3 is 5.97 Å². The first-order valence-corrected chi connectivity index (χ1v) is 8.58. The fourth-order valence-corrected chi connectivity index (χ4v) is 2.51. The predicted octanol–water partition coefficient (Wildman–Crippen LogP) is 4.94. The van der Waals surface area contributed by atoms with E-state index in [0.717, 1.165) is 17.2 Å². The molecule has 0 bridgehead atoms. The Bertz CT molecular complexity index is 840. The van der Waals surface area contributed by atoms with Crippen LogP contribution in [0.4, 0.5) is 0 Å². The highest BCUT2D eigenvalue weighted by Crippen LogP contribution is 2.25. The number of hydrogen-bond acceptors (Lipinski definition) is 3. The van der Waals surface area contributed by atoms with E-state index >= 15 is 0 Å². The van der Waals surface area contributed by atoms with Gasteiger partial charge in [0.15, 0.2) is 0 Å². The number of carbonyl (C=O) groups is 1. The van der Waals surface area contributed by atoms with Crippen molar-refractivity contribution in [3.8, 4) is 11.5 Å². The van der Waals surface area contributed by atoms with Gasteiger partial charge in [0.05, 0.1) is 0 Å². The molecule has 4 heteroatoms. The predicted molar refractivity (Wildman–Crippen MR) is 105 cm³/mol. The minimum Gasteiger partial charge on any atom is -0.489 e. The smallest absolute Gasteiger partial charge is 0.328 e. The fraction of sp³-hybridized carbons (Fsp3) is 0.0870. The maximum atomic E-state index is 10.8. The normalized spacial score (nSPS) is 10.7. The summed E-state index contributed by atoms with van der Waals surface area (Å²) in [4.78, 5) is 10.8. The third kappa shape index (κ3) is 6.04. The number of hydrogen-bond donors (Lipinski definition) is 1. The van der Waals surface area contributed by atoms with E-state index in [1.54, 1.807) is 12.1 Å². The second kappa shape index (κ2) is 9.25. The lowest BCUT2D eigenvalue weighted by molar-refractivity contribution is -0.131. The molecule has 0 saturated heterocycles. The number of carboxylic acid groups (broad SMARTS) is 1. The Morgan fingerprint density at radius 1 is 0.778 bits per heavy atom. The molecule has 0 heterocycles. The van der Waals surface area contributed by atoms with E-state index in [0.29, 0.717) is 30.3 Å². The van der Waals surface area contributed by atoms with Gasteiger partial charge in [-0.25, -0.2) is 4.79 Å². The largest absolute Gasteiger partial charge is 0.489 e. The molecule has 0 spiro atoms.